The Balaban J connectivity index is 2.12. The van der Waals surface area contributed by atoms with Crippen LogP contribution in [0.3, 0.4) is 0 Å². The Morgan fingerprint density at radius 1 is 0.926 bits per heavy atom. The first-order chi connectivity index (χ1) is 12.6. The molecule has 0 fully saturated rings. The van der Waals surface area contributed by atoms with E-state index in [0.717, 1.165) is 16.9 Å². The maximum atomic E-state index is 9.10. The van der Waals surface area contributed by atoms with E-state index in [-0.39, 0.29) is 10.8 Å². The fourth-order valence-corrected chi connectivity index (χ4v) is 3.24. The molecule has 2 heterocycles. The zero-order valence-electron chi connectivity index (χ0n) is 17.1. The van der Waals surface area contributed by atoms with Crippen molar-refractivity contribution in [2.75, 3.05) is 0 Å². The summed E-state index contributed by atoms with van der Waals surface area (Å²) in [5, 5.41) is 10.3. The van der Waals surface area contributed by atoms with Gasteiger partial charge in [0.1, 0.15) is 0 Å². The van der Waals surface area contributed by atoms with E-state index in [1.807, 2.05) is 6.07 Å². The van der Waals surface area contributed by atoms with Gasteiger partial charge in [-0.3, -0.25) is 9.97 Å². The standard InChI is InChI=1S/C24H27N3/c1-23(2,3)20-14-22(24(4,5)6)27-21-8-7-16(13-19(20)21)11-18-12-17(15-25)9-10-26-18/h7-10,12-14H,11H2,1-6H3. The maximum absolute atomic E-state index is 9.10. The normalized spacial score (nSPS) is 12.2. The van der Waals surface area contributed by atoms with Crippen LogP contribution < -0.4 is 0 Å². The van der Waals surface area contributed by atoms with Crippen molar-refractivity contribution in [1.29, 1.82) is 5.26 Å². The summed E-state index contributed by atoms with van der Waals surface area (Å²) in [5.74, 6) is 0. The lowest BCUT2D eigenvalue weighted by atomic mass is 9.81. The van der Waals surface area contributed by atoms with Crippen molar-refractivity contribution in [3.05, 3.63) is 70.7 Å². The lowest BCUT2D eigenvalue weighted by Crippen LogP contribution is -2.18. The molecule has 0 atom stereocenters. The highest BCUT2D eigenvalue weighted by molar-refractivity contribution is 5.84. The average molecular weight is 358 g/mol. The highest BCUT2D eigenvalue weighted by atomic mass is 14.7. The van der Waals surface area contributed by atoms with Gasteiger partial charge in [0.05, 0.1) is 17.1 Å². The van der Waals surface area contributed by atoms with Crippen LogP contribution in [0.5, 0.6) is 0 Å². The van der Waals surface area contributed by atoms with Crippen LogP contribution in [0.4, 0.5) is 0 Å². The molecule has 0 saturated heterocycles. The monoisotopic (exact) mass is 357 g/mol. The number of aromatic nitrogens is 2. The summed E-state index contributed by atoms with van der Waals surface area (Å²) in [4.78, 5) is 9.35. The first-order valence-electron chi connectivity index (χ1n) is 9.37. The van der Waals surface area contributed by atoms with E-state index in [9.17, 15) is 0 Å². The van der Waals surface area contributed by atoms with Gasteiger partial charge in [-0.05, 0) is 46.9 Å². The third kappa shape index (κ3) is 4.17. The van der Waals surface area contributed by atoms with E-state index >= 15 is 0 Å². The van der Waals surface area contributed by atoms with Crippen molar-refractivity contribution in [1.82, 2.24) is 9.97 Å². The Labute approximate surface area is 162 Å². The van der Waals surface area contributed by atoms with Crippen LogP contribution in [0.25, 0.3) is 10.9 Å². The Kier molecular flexibility index (Phi) is 4.78. The smallest absolute Gasteiger partial charge is 0.0992 e. The van der Waals surface area contributed by atoms with Gasteiger partial charge < -0.3 is 0 Å². The molecule has 0 aliphatic carbocycles. The minimum absolute atomic E-state index is 0.00845. The molecule has 0 aliphatic rings. The summed E-state index contributed by atoms with van der Waals surface area (Å²) in [7, 11) is 0. The molecule has 0 amide bonds. The third-order valence-electron chi connectivity index (χ3n) is 4.78. The summed E-state index contributed by atoms with van der Waals surface area (Å²) in [6.07, 6.45) is 2.41. The highest BCUT2D eigenvalue weighted by Crippen LogP contribution is 2.34. The molecule has 2 aromatic heterocycles. The minimum Gasteiger partial charge on any atom is -0.261 e. The zero-order valence-corrected chi connectivity index (χ0v) is 17.1. The molecule has 0 aliphatic heterocycles. The SMILES string of the molecule is CC(C)(C)c1cc(C(C)(C)C)c2cc(Cc3cc(C#N)ccn3)ccc2n1. The third-order valence-corrected chi connectivity index (χ3v) is 4.78. The second-order valence-corrected chi connectivity index (χ2v) is 9.23. The summed E-state index contributed by atoms with van der Waals surface area (Å²) >= 11 is 0. The van der Waals surface area contributed by atoms with Crippen LogP contribution in [-0.4, -0.2) is 9.97 Å². The molecule has 1 aromatic carbocycles. The zero-order chi connectivity index (χ0) is 19.8. The van der Waals surface area contributed by atoms with Crippen LogP contribution in [0.15, 0.2) is 42.6 Å². The first-order valence-corrected chi connectivity index (χ1v) is 9.37. The molecule has 27 heavy (non-hydrogen) atoms. The molecular formula is C24H27N3. The Hall–Kier alpha value is -2.73. The lowest BCUT2D eigenvalue weighted by molar-refractivity contribution is 0.558. The number of benzene rings is 1. The Bertz CT molecular complexity index is 1030. The van der Waals surface area contributed by atoms with E-state index in [1.165, 1.54) is 16.5 Å². The summed E-state index contributed by atoms with van der Waals surface area (Å²) in [5.41, 5.74) is 6.25. The average Bonchev–Trinajstić information content (AvgIpc) is 2.59. The molecule has 0 unspecified atom stereocenters. The van der Waals surface area contributed by atoms with E-state index in [2.05, 4.69) is 76.9 Å². The number of pyridine rings is 2. The molecule has 3 heteroatoms. The number of rotatable bonds is 2. The Morgan fingerprint density at radius 3 is 2.30 bits per heavy atom. The van der Waals surface area contributed by atoms with Crippen LogP contribution in [-0.2, 0) is 17.3 Å². The summed E-state index contributed by atoms with van der Waals surface area (Å²) in [6.45, 7) is 13.4. The largest absolute Gasteiger partial charge is 0.261 e. The second-order valence-electron chi connectivity index (χ2n) is 9.23. The Morgan fingerprint density at radius 2 is 1.67 bits per heavy atom. The molecule has 0 radical (unpaired) electrons. The van der Waals surface area contributed by atoms with Crippen LogP contribution in [0.1, 0.15) is 69.6 Å². The molecular weight excluding hydrogens is 330 g/mol. The van der Waals surface area contributed by atoms with E-state index in [4.69, 9.17) is 10.2 Å². The quantitative estimate of drug-likeness (QED) is 0.592. The van der Waals surface area contributed by atoms with Crippen molar-refractivity contribution < 1.29 is 0 Å². The summed E-state index contributed by atoms with van der Waals surface area (Å²) in [6, 6.07) is 14.5. The topological polar surface area (TPSA) is 49.6 Å². The molecule has 0 spiro atoms. The molecule has 0 N–H and O–H groups in total. The predicted octanol–water partition coefficient (Wildman–Crippen LogP) is 5.69. The molecule has 138 valence electrons. The maximum Gasteiger partial charge on any atom is 0.0992 e. The summed E-state index contributed by atoms with van der Waals surface area (Å²) < 4.78 is 0. The minimum atomic E-state index is 0.00845. The molecule has 3 aromatic rings. The highest BCUT2D eigenvalue weighted by Gasteiger charge is 2.23. The van der Waals surface area contributed by atoms with Gasteiger partial charge in [-0.15, -0.1) is 0 Å². The van der Waals surface area contributed by atoms with Gasteiger partial charge in [0.2, 0.25) is 0 Å². The second kappa shape index (κ2) is 6.78. The van der Waals surface area contributed by atoms with E-state index in [0.29, 0.717) is 12.0 Å². The number of hydrogen-bond donors (Lipinski definition) is 0. The number of nitrogens with zero attached hydrogens (tertiary/aromatic N) is 3. The van der Waals surface area contributed by atoms with Crippen LogP contribution in [0, 0.1) is 11.3 Å². The van der Waals surface area contributed by atoms with Gasteiger partial charge in [0.25, 0.3) is 0 Å². The van der Waals surface area contributed by atoms with Crippen molar-refractivity contribution in [3.63, 3.8) is 0 Å². The predicted molar refractivity (Wildman–Crippen MR) is 111 cm³/mol. The van der Waals surface area contributed by atoms with Gasteiger partial charge in [-0.1, -0.05) is 47.6 Å². The van der Waals surface area contributed by atoms with Gasteiger partial charge in [-0.2, -0.15) is 5.26 Å². The lowest BCUT2D eigenvalue weighted by Gasteiger charge is -2.26. The molecule has 0 bridgehead atoms. The number of fused-ring (bicyclic) bond motifs is 1. The van der Waals surface area contributed by atoms with E-state index in [1.54, 1.807) is 12.3 Å². The number of hydrogen-bond acceptors (Lipinski definition) is 3. The van der Waals surface area contributed by atoms with E-state index < -0.39 is 0 Å². The van der Waals surface area contributed by atoms with Crippen molar-refractivity contribution in [3.8, 4) is 6.07 Å². The van der Waals surface area contributed by atoms with Gasteiger partial charge in [0, 0.05) is 34.8 Å². The fraction of sp³-hybridized carbons (Fsp3) is 0.375. The molecule has 3 nitrogen and oxygen atoms in total. The van der Waals surface area contributed by atoms with Crippen LogP contribution in [0.2, 0.25) is 0 Å². The van der Waals surface area contributed by atoms with Crippen molar-refractivity contribution >= 4 is 10.9 Å². The van der Waals surface area contributed by atoms with Crippen molar-refractivity contribution in [2.45, 2.75) is 58.8 Å². The van der Waals surface area contributed by atoms with Gasteiger partial charge in [-0.25, -0.2) is 0 Å². The van der Waals surface area contributed by atoms with Gasteiger partial charge in [0.15, 0.2) is 0 Å². The van der Waals surface area contributed by atoms with Gasteiger partial charge >= 0.3 is 0 Å². The fourth-order valence-electron chi connectivity index (χ4n) is 3.24. The molecule has 3 rings (SSSR count). The first kappa shape index (κ1) is 19.0. The molecule has 0 saturated carbocycles. The number of nitriles is 1. The van der Waals surface area contributed by atoms with Crippen molar-refractivity contribution in [2.24, 2.45) is 0 Å². The van der Waals surface area contributed by atoms with Crippen LogP contribution >= 0.6 is 0 Å².